The summed E-state index contributed by atoms with van der Waals surface area (Å²) in [5.41, 5.74) is 0. The fourth-order valence-corrected chi connectivity index (χ4v) is 2.86. The lowest BCUT2D eigenvalue weighted by Crippen LogP contribution is -2.52. The Morgan fingerprint density at radius 2 is 2.17 bits per heavy atom. The molecule has 0 radical (unpaired) electrons. The molecule has 1 saturated heterocycles. The van der Waals surface area contributed by atoms with Crippen LogP contribution in [0.4, 0.5) is 4.79 Å². The number of imidazole rings is 2. The van der Waals surface area contributed by atoms with E-state index in [9.17, 15) is 4.79 Å². The maximum atomic E-state index is 12.4. The Hall–Kier alpha value is -2.35. The summed E-state index contributed by atoms with van der Waals surface area (Å²) in [6, 6.07) is 0.112. The number of carbonyl (C=O) groups is 1. The molecule has 1 aliphatic rings. The summed E-state index contributed by atoms with van der Waals surface area (Å²) in [5, 5.41) is 2.98. The molecule has 3 rings (SSSR count). The lowest BCUT2D eigenvalue weighted by molar-refractivity contribution is 0.104. The second kappa shape index (κ2) is 6.82. The Balaban J connectivity index is 1.55. The van der Waals surface area contributed by atoms with E-state index in [0.29, 0.717) is 13.1 Å². The lowest BCUT2D eigenvalue weighted by atomic mass is 10.1. The smallest absolute Gasteiger partial charge is 0.317 e. The van der Waals surface area contributed by atoms with Crippen LogP contribution in [0.2, 0.25) is 0 Å². The molecule has 2 amide bonds. The number of rotatable bonds is 4. The number of aromatic nitrogens is 4. The minimum atomic E-state index is -0.0163. The van der Waals surface area contributed by atoms with Crippen LogP contribution in [0.25, 0.3) is 0 Å². The fourth-order valence-electron chi connectivity index (χ4n) is 2.86. The number of nitrogens with one attached hydrogen (secondary N) is 1. The fraction of sp³-hybridized carbons (Fsp3) is 0.533. The van der Waals surface area contributed by atoms with Crippen LogP contribution in [0.3, 0.4) is 0 Å². The number of carbonyl (C=O) groups excluding carboxylic acids is 1. The number of hydrogen-bond acceptors (Lipinski definition) is 4. The summed E-state index contributed by atoms with van der Waals surface area (Å²) in [5.74, 6) is 0.989. The Morgan fingerprint density at radius 3 is 2.87 bits per heavy atom. The molecule has 1 unspecified atom stereocenters. The average molecular weight is 317 g/mol. The van der Waals surface area contributed by atoms with Gasteiger partial charge in [-0.3, -0.25) is 4.90 Å². The van der Waals surface area contributed by atoms with Crippen LogP contribution in [-0.2, 0) is 13.6 Å². The van der Waals surface area contributed by atoms with Gasteiger partial charge < -0.3 is 19.4 Å². The number of urea groups is 1. The average Bonchev–Trinajstić information content (AvgIpc) is 3.19. The van der Waals surface area contributed by atoms with Gasteiger partial charge in [0.05, 0.1) is 12.4 Å². The molecule has 2 aromatic heterocycles. The SMILES string of the molecule is CN1CCN(C(=O)NCCn2ccnc2)CC1c1nccn1C. The van der Waals surface area contributed by atoms with E-state index in [0.717, 1.165) is 25.5 Å². The zero-order valence-electron chi connectivity index (χ0n) is 13.6. The van der Waals surface area contributed by atoms with Crippen LogP contribution < -0.4 is 5.32 Å². The van der Waals surface area contributed by atoms with Gasteiger partial charge in [0, 0.05) is 64.6 Å². The van der Waals surface area contributed by atoms with Crippen LogP contribution >= 0.6 is 0 Å². The summed E-state index contributed by atoms with van der Waals surface area (Å²) in [6.45, 7) is 3.54. The Kier molecular flexibility index (Phi) is 4.61. The molecular formula is C15H23N7O. The minimum absolute atomic E-state index is 0.0163. The van der Waals surface area contributed by atoms with Crippen molar-refractivity contribution in [2.45, 2.75) is 12.6 Å². The van der Waals surface area contributed by atoms with Crippen molar-refractivity contribution in [2.24, 2.45) is 7.05 Å². The van der Waals surface area contributed by atoms with E-state index in [1.54, 1.807) is 18.7 Å². The number of nitrogens with zero attached hydrogens (tertiary/aromatic N) is 6. The third kappa shape index (κ3) is 3.53. The second-order valence-corrected chi connectivity index (χ2v) is 5.87. The molecule has 124 valence electrons. The molecule has 0 aliphatic carbocycles. The van der Waals surface area contributed by atoms with Crippen molar-refractivity contribution in [3.05, 3.63) is 36.9 Å². The number of amides is 2. The van der Waals surface area contributed by atoms with E-state index in [1.807, 2.05) is 33.5 Å². The van der Waals surface area contributed by atoms with Gasteiger partial charge in [-0.2, -0.15) is 0 Å². The summed E-state index contributed by atoms with van der Waals surface area (Å²) in [6.07, 6.45) is 9.11. The van der Waals surface area contributed by atoms with Crippen LogP contribution in [0, 0.1) is 0 Å². The number of likely N-dealkylation sites (N-methyl/N-ethyl adjacent to an activating group) is 1. The molecule has 2 aromatic rings. The molecule has 0 spiro atoms. The summed E-state index contributed by atoms with van der Waals surface area (Å²) in [7, 11) is 4.06. The first kappa shape index (κ1) is 15.5. The van der Waals surface area contributed by atoms with Gasteiger partial charge in [0.1, 0.15) is 5.82 Å². The first-order chi connectivity index (χ1) is 11.1. The Bertz CT molecular complexity index is 636. The van der Waals surface area contributed by atoms with Gasteiger partial charge >= 0.3 is 6.03 Å². The van der Waals surface area contributed by atoms with Crippen LogP contribution in [0.1, 0.15) is 11.9 Å². The van der Waals surface area contributed by atoms with Gasteiger partial charge in [0.25, 0.3) is 0 Å². The molecule has 0 saturated carbocycles. The molecule has 8 nitrogen and oxygen atoms in total. The lowest BCUT2D eigenvalue weighted by Gasteiger charge is -2.38. The predicted octanol–water partition coefficient (Wildman–Crippen LogP) is 0.315. The van der Waals surface area contributed by atoms with Gasteiger partial charge in [0.2, 0.25) is 0 Å². The highest BCUT2D eigenvalue weighted by atomic mass is 16.2. The first-order valence-electron chi connectivity index (χ1n) is 7.81. The van der Waals surface area contributed by atoms with Crippen molar-refractivity contribution in [3.8, 4) is 0 Å². The van der Waals surface area contributed by atoms with Gasteiger partial charge in [-0.25, -0.2) is 14.8 Å². The van der Waals surface area contributed by atoms with E-state index in [2.05, 4.69) is 27.2 Å². The molecule has 0 bridgehead atoms. The highest BCUT2D eigenvalue weighted by Crippen LogP contribution is 2.22. The van der Waals surface area contributed by atoms with Crippen LogP contribution in [-0.4, -0.2) is 68.2 Å². The van der Waals surface area contributed by atoms with Gasteiger partial charge in [-0.15, -0.1) is 0 Å². The highest BCUT2D eigenvalue weighted by Gasteiger charge is 2.30. The first-order valence-corrected chi connectivity index (χ1v) is 7.81. The molecule has 0 aromatic carbocycles. The van der Waals surface area contributed by atoms with Gasteiger partial charge in [0.15, 0.2) is 0 Å². The summed E-state index contributed by atoms with van der Waals surface area (Å²) >= 11 is 0. The molecule has 8 heteroatoms. The van der Waals surface area contributed by atoms with Gasteiger partial charge in [-0.1, -0.05) is 0 Å². The van der Waals surface area contributed by atoms with Crippen molar-refractivity contribution in [1.29, 1.82) is 0 Å². The third-order valence-corrected chi connectivity index (χ3v) is 4.30. The van der Waals surface area contributed by atoms with Crippen LogP contribution in [0.15, 0.2) is 31.1 Å². The quantitative estimate of drug-likeness (QED) is 0.881. The number of hydrogen-bond donors (Lipinski definition) is 1. The normalized spacial score (nSPS) is 19.0. The standard InChI is InChI=1S/C15H23N7O/c1-19-9-10-22(11-13(19)14-17-4-6-20(14)2)15(23)18-5-8-21-7-3-16-12-21/h3-4,6-7,12-13H,5,8-11H2,1-2H3,(H,18,23). The number of aryl methyl sites for hydroxylation is 1. The van der Waals surface area contributed by atoms with Gasteiger partial charge in [-0.05, 0) is 7.05 Å². The summed E-state index contributed by atoms with van der Waals surface area (Å²) in [4.78, 5) is 24.9. The maximum Gasteiger partial charge on any atom is 0.317 e. The van der Waals surface area contributed by atoms with Crippen molar-refractivity contribution in [2.75, 3.05) is 33.2 Å². The molecule has 1 atom stereocenters. The van der Waals surface area contributed by atoms with E-state index in [4.69, 9.17) is 0 Å². The number of piperazine rings is 1. The Morgan fingerprint density at radius 1 is 1.30 bits per heavy atom. The van der Waals surface area contributed by atoms with Crippen molar-refractivity contribution in [1.82, 2.24) is 34.2 Å². The van der Waals surface area contributed by atoms with Crippen LogP contribution in [0.5, 0.6) is 0 Å². The zero-order chi connectivity index (χ0) is 16.2. The second-order valence-electron chi connectivity index (χ2n) is 5.87. The van der Waals surface area contributed by atoms with Crippen molar-refractivity contribution >= 4 is 6.03 Å². The minimum Gasteiger partial charge on any atom is -0.337 e. The topological polar surface area (TPSA) is 71.2 Å². The summed E-state index contributed by atoms with van der Waals surface area (Å²) < 4.78 is 3.96. The van der Waals surface area contributed by atoms with E-state index >= 15 is 0 Å². The molecule has 1 N–H and O–H groups in total. The Labute approximate surface area is 135 Å². The van der Waals surface area contributed by atoms with Crippen molar-refractivity contribution < 1.29 is 4.79 Å². The largest absolute Gasteiger partial charge is 0.337 e. The predicted molar refractivity (Wildman–Crippen MR) is 85.8 cm³/mol. The molecule has 1 fully saturated rings. The molecule has 1 aliphatic heterocycles. The highest BCUT2D eigenvalue weighted by molar-refractivity contribution is 5.74. The van der Waals surface area contributed by atoms with E-state index < -0.39 is 0 Å². The zero-order valence-corrected chi connectivity index (χ0v) is 13.6. The molecule has 3 heterocycles. The van der Waals surface area contributed by atoms with Crippen molar-refractivity contribution in [3.63, 3.8) is 0 Å². The molecular weight excluding hydrogens is 294 g/mol. The van der Waals surface area contributed by atoms with E-state index in [1.165, 1.54) is 0 Å². The van der Waals surface area contributed by atoms with E-state index in [-0.39, 0.29) is 12.1 Å². The maximum absolute atomic E-state index is 12.4. The molecule has 23 heavy (non-hydrogen) atoms. The third-order valence-electron chi connectivity index (χ3n) is 4.30. The monoisotopic (exact) mass is 317 g/mol.